The number of hydrogen-bond donors (Lipinski definition) is 1. The number of carbonyl (C=O) groups excluding carboxylic acids is 1. The highest BCUT2D eigenvalue weighted by molar-refractivity contribution is 5.72. The Kier molecular flexibility index (Phi) is 5.69. The first-order valence-corrected chi connectivity index (χ1v) is 12.1. The first-order chi connectivity index (χ1) is 16.2. The van der Waals surface area contributed by atoms with Crippen LogP contribution in [0.2, 0.25) is 0 Å². The maximum absolute atomic E-state index is 12.6. The molecule has 1 saturated heterocycles. The quantitative estimate of drug-likeness (QED) is 0.615. The summed E-state index contributed by atoms with van der Waals surface area (Å²) in [5, 5.41) is 8.75. The van der Waals surface area contributed by atoms with Crippen LogP contribution in [-0.4, -0.2) is 54.4 Å². The number of fused-ring (bicyclic) bond motifs is 1. The predicted molar refractivity (Wildman–Crippen MR) is 125 cm³/mol. The van der Waals surface area contributed by atoms with Crippen LogP contribution in [0.25, 0.3) is 17.0 Å². The van der Waals surface area contributed by atoms with Crippen LogP contribution in [-0.2, 0) is 4.74 Å². The summed E-state index contributed by atoms with van der Waals surface area (Å²) < 4.78 is 12.9. The molecule has 4 heterocycles. The van der Waals surface area contributed by atoms with Crippen molar-refractivity contribution in [1.29, 1.82) is 0 Å². The van der Waals surface area contributed by atoms with Gasteiger partial charge < -0.3 is 19.1 Å². The molecule has 1 aliphatic heterocycles. The van der Waals surface area contributed by atoms with Gasteiger partial charge in [-0.15, -0.1) is 0 Å². The van der Waals surface area contributed by atoms with Gasteiger partial charge in [0.2, 0.25) is 11.7 Å². The highest BCUT2D eigenvalue weighted by atomic mass is 16.6. The number of piperidine rings is 1. The molecular weight excluding hydrogens is 436 g/mol. The van der Waals surface area contributed by atoms with Gasteiger partial charge in [-0.05, 0) is 52.4 Å². The van der Waals surface area contributed by atoms with Crippen molar-refractivity contribution in [3.63, 3.8) is 0 Å². The lowest BCUT2D eigenvalue weighted by Gasteiger charge is -2.33. The zero-order chi connectivity index (χ0) is 24.0. The summed E-state index contributed by atoms with van der Waals surface area (Å²) >= 11 is 0. The van der Waals surface area contributed by atoms with Gasteiger partial charge in [-0.3, -0.25) is 4.79 Å². The molecule has 10 nitrogen and oxygen atoms in total. The fraction of sp³-hybridized carbons (Fsp3) is 0.625. The Bertz CT molecular complexity index is 1240. The van der Waals surface area contributed by atoms with Crippen LogP contribution >= 0.6 is 0 Å². The summed E-state index contributed by atoms with van der Waals surface area (Å²) in [5.41, 5.74) is 1.30. The summed E-state index contributed by atoms with van der Waals surface area (Å²) in [7, 11) is 0. The van der Waals surface area contributed by atoms with E-state index in [-0.39, 0.29) is 23.5 Å². The third-order valence-corrected chi connectivity index (χ3v) is 6.96. The maximum Gasteiger partial charge on any atom is 0.410 e. The largest absolute Gasteiger partial charge is 0.444 e. The van der Waals surface area contributed by atoms with E-state index in [4.69, 9.17) is 9.26 Å². The monoisotopic (exact) mass is 468 g/mol. The number of likely N-dealkylation sites (tertiary alicyclic amines) is 1. The highest BCUT2D eigenvalue weighted by Crippen LogP contribution is 2.39. The third-order valence-electron chi connectivity index (χ3n) is 6.96. The molecule has 0 aromatic carbocycles. The van der Waals surface area contributed by atoms with Crippen molar-refractivity contribution in [2.24, 2.45) is 5.92 Å². The number of ether oxygens (including phenoxy) is 1. The molecule has 0 unspecified atom stereocenters. The van der Waals surface area contributed by atoms with E-state index in [1.54, 1.807) is 21.7 Å². The maximum atomic E-state index is 12.6. The molecule has 2 atom stereocenters. The Balaban J connectivity index is 1.38. The van der Waals surface area contributed by atoms with Gasteiger partial charge in [-0.1, -0.05) is 18.5 Å². The van der Waals surface area contributed by atoms with Gasteiger partial charge >= 0.3 is 6.09 Å². The van der Waals surface area contributed by atoms with Gasteiger partial charge in [0.15, 0.2) is 0 Å². The minimum absolute atomic E-state index is 0.0939. The van der Waals surface area contributed by atoms with Crippen molar-refractivity contribution in [2.45, 2.75) is 77.2 Å². The Hall–Kier alpha value is -3.17. The number of amides is 1. The Morgan fingerprint density at radius 3 is 2.65 bits per heavy atom. The fourth-order valence-electron chi connectivity index (χ4n) is 5.16. The van der Waals surface area contributed by atoms with E-state index in [1.165, 1.54) is 12.8 Å². The van der Waals surface area contributed by atoms with E-state index >= 15 is 0 Å². The van der Waals surface area contributed by atoms with Gasteiger partial charge in [0, 0.05) is 31.0 Å². The number of H-pyrrole nitrogens is 1. The highest BCUT2D eigenvalue weighted by Gasteiger charge is 2.31. The second-order valence-corrected chi connectivity index (χ2v) is 10.6. The van der Waals surface area contributed by atoms with Gasteiger partial charge in [0.05, 0.1) is 17.5 Å². The molecule has 1 amide bonds. The topological polar surface area (TPSA) is 119 Å². The van der Waals surface area contributed by atoms with Crippen molar-refractivity contribution in [3.05, 3.63) is 34.2 Å². The molecule has 34 heavy (non-hydrogen) atoms. The lowest BCUT2D eigenvalue weighted by molar-refractivity contribution is 0.0203. The lowest BCUT2D eigenvalue weighted by Crippen LogP contribution is -2.41. The molecule has 1 N–H and O–H groups in total. The van der Waals surface area contributed by atoms with Crippen LogP contribution in [0.4, 0.5) is 4.79 Å². The van der Waals surface area contributed by atoms with Crippen molar-refractivity contribution in [1.82, 2.24) is 29.6 Å². The van der Waals surface area contributed by atoms with E-state index in [0.29, 0.717) is 41.9 Å². The molecule has 10 heteroatoms. The second-order valence-electron chi connectivity index (χ2n) is 10.6. The van der Waals surface area contributed by atoms with Crippen molar-refractivity contribution < 1.29 is 14.1 Å². The molecule has 2 fully saturated rings. The van der Waals surface area contributed by atoms with Crippen LogP contribution in [0.1, 0.15) is 83.2 Å². The number of nitrogens with one attached hydrogen (secondary N) is 1. The molecular formula is C24H32N6O4. The number of aromatic nitrogens is 5. The molecule has 0 bridgehead atoms. The van der Waals surface area contributed by atoms with E-state index < -0.39 is 5.60 Å². The fourth-order valence-corrected chi connectivity index (χ4v) is 5.16. The van der Waals surface area contributed by atoms with Gasteiger partial charge in [0.1, 0.15) is 11.2 Å². The molecule has 2 aliphatic rings. The average Bonchev–Trinajstić information content (AvgIpc) is 3.51. The number of aromatic amines is 1. The molecule has 1 aliphatic carbocycles. The molecule has 3 aromatic heterocycles. The SMILES string of the molecule is C[C@H]1CCC[C@H]1c1nc(-c2cnn3c(C4CCN(C(=O)OC(C)(C)C)CC4)cc(=O)[nH]c23)no1. The summed E-state index contributed by atoms with van der Waals surface area (Å²) in [6, 6.07) is 1.60. The zero-order valence-corrected chi connectivity index (χ0v) is 20.2. The van der Waals surface area contributed by atoms with Crippen LogP contribution < -0.4 is 5.56 Å². The van der Waals surface area contributed by atoms with Crippen LogP contribution in [0, 0.1) is 5.92 Å². The van der Waals surface area contributed by atoms with Crippen LogP contribution in [0.15, 0.2) is 21.6 Å². The molecule has 0 radical (unpaired) electrons. The summed E-state index contributed by atoms with van der Waals surface area (Å²) in [5.74, 6) is 2.00. The first kappa shape index (κ1) is 22.6. The molecule has 1 saturated carbocycles. The van der Waals surface area contributed by atoms with Crippen LogP contribution in [0.5, 0.6) is 0 Å². The Morgan fingerprint density at radius 2 is 1.97 bits per heavy atom. The third kappa shape index (κ3) is 4.33. The second kappa shape index (κ2) is 8.56. The minimum Gasteiger partial charge on any atom is -0.444 e. The van der Waals surface area contributed by atoms with E-state index in [9.17, 15) is 9.59 Å². The summed E-state index contributed by atoms with van der Waals surface area (Å²) in [6.45, 7) is 8.93. The normalized spacial score (nSPS) is 21.9. The minimum atomic E-state index is -0.525. The number of rotatable bonds is 3. The van der Waals surface area contributed by atoms with Crippen molar-refractivity contribution in [3.8, 4) is 11.4 Å². The summed E-state index contributed by atoms with van der Waals surface area (Å²) in [6.07, 6.45) is 6.22. The van der Waals surface area contributed by atoms with E-state index in [1.807, 2.05) is 20.8 Å². The van der Waals surface area contributed by atoms with E-state index in [2.05, 4.69) is 27.1 Å². The number of carbonyl (C=O) groups is 1. The van der Waals surface area contributed by atoms with E-state index in [0.717, 1.165) is 25.0 Å². The first-order valence-electron chi connectivity index (χ1n) is 12.1. The van der Waals surface area contributed by atoms with Gasteiger partial charge in [0.25, 0.3) is 5.56 Å². The molecule has 3 aromatic rings. The number of hydrogen-bond acceptors (Lipinski definition) is 7. The predicted octanol–water partition coefficient (Wildman–Crippen LogP) is 4.09. The average molecular weight is 469 g/mol. The van der Waals surface area contributed by atoms with Crippen molar-refractivity contribution >= 4 is 11.7 Å². The molecule has 0 spiro atoms. The molecule has 182 valence electrons. The van der Waals surface area contributed by atoms with Gasteiger partial charge in [-0.2, -0.15) is 10.1 Å². The Labute approximate surface area is 197 Å². The van der Waals surface area contributed by atoms with Gasteiger partial charge in [-0.25, -0.2) is 9.31 Å². The lowest BCUT2D eigenvalue weighted by atomic mass is 9.93. The Morgan fingerprint density at radius 1 is 1.21 bits per heavy atom. The van der Waals surface area contributed by atoms with Crippen molar-refractivity contribution in [2.75, 3.05) is 13.1 Å². The zero-order valence-electron chi connectivity index (χ0n) is 20.2. The smallest absolute Gasteiger partial charge is 0.410 e. The molecule has 5 rings (SSSR count). The summed E-state index contributed by atoms with van der Waals surface area (Å²) in [4.78, 5) is 34.3. The van der Waals surface area contributed by atoms with Crippen LogP contribution in [0.3, 0.4) is 0 Å². The standard InChI is InChI=1S/C24H32N6O4/c1-14-6-5-7-16(14)22-27-20(28-34-22)17-13-25-30-18(12-19(31)26-21(17)30)15-8-10-29(11-9-15)23(32)33-24(2,3)4/h12-16H,5-11H2,1-4H3,(H,26,31)/t14-,16+/m0/s1. The number of nitrogens with zero attached hydrogens (tertiary/aromatic N) is 5.